The number of phosphoric ester groups is 1. The fourth-order valence-corrected chi connectivity index (χ4v) is 7.79. The number of hydrogen-bond acceptors (Lipinski definition) is 8. The molecular formula is C51H95O9P. The number of aliphatic hydroxyl groups excluding tert-OH is 2. The van der Waals surface area contributed by atoms with Crippen molar-refractivity contribution in [2.75, 3.05) is 33.0 Å². The van der Waals surface area contributed by atoms with E-state index in [0.717, 1.165) is 70.6 Å². The highest BCUT2D eigenvalue weighted by atomic mass is 31.2. The molecule has 0 fully saturated rings. The van der Waals surface area contributed by atoms with Gasteiger partial charge in [0.15, 0.2) is 0 Å². The Morgan fingerprint density at radius 2 is 0.934 bits per heavy atom. The van der Waals surface area contributed by atoms with Crippen LogP contribution in [0, 0.1) is 0 Å². The SMILES string of the molecule is CC/C=C\C/C=C\C/C=C\C/C=C\CCCCCCCCCCC(=O)OC(COCCCCCCCCCCCCCCCCCCCCC)COP(=O)(O)OCC(O)CO. The molecule has 61 heavy (non-hydrogen) atoms. The molecule has 0 aliphatic heterocycles. The number of carbonyl (C=O) groups is 1. The third kappa shape index (κ3) is 47.7. The molecule has 0 bridgehead atoms. The van der Waals surface area contributed by atoms with E-state index >= 15 is 0 Å². The molecule has 3 N–H and O–H groups in total. The van der Waals surface area contributed by atoms with Gasteiger partial charge in [0.2, 0.25) is 0 Å². The molecule has 0 spiro atoms. The van der Waals surface area contributed by atoms with Gasteiger partial charge < -0.3 is 24.6 Å². The molecule has 9 nitrogen and oxygen atoms in total. The number of carbonyl (C=O) groups excluding carboxylic acids is 1. The second-order valence-corrected chi connectivity index (χ2v) is 18.3. The highest BCUT2D eigenvalue weighted by Gasteiger charge is 2.26. The third-order valence-corrected chi connectivity index (χ3v) is 11.7. The van der Waals surface area contributed by atoms with E-state index in [-0.39, 0.29) is 25.6 Å². The first-order chi connectivity index (χ1) is 29.8. The number of hydrogen-bond donors (Lipinski definition) is 3. The quantitative estimate of drug-likeness (QED) is 0.0236. The summed E-state index contributed by atoms with van der Waals surface area (Å²) < 4.78 is 33.5. The van der Waals surface area contributed by atoms with Crippen LogP contribution in [0.15, 0.2) is 48.6 Å². The molecule has 358 valence electrons. The van der Waals surface area contributed by atoms with E-state index in [1.165, 1.54) is 135 Å². The van der Waals surface area contributed by atoms with Crippen molar-refractivity contribution in [2.24, 2.45) is 0 Å². The van der Waals surface area contributed by atoms with Gasteiger partial charge >= 0.3 is 13.8 Å². The van der Waals surface area contributed by atoms with Crippen LogP contribution < -0.4 is 0 Å². The zero-order chi connectivity index (χ0) is 44.6. The summed E-state index contributed by atoms with van der Waals surface area (Å²) in [6, 6.07) is 0. The van der Waals surface area contributed by atoms with E-state index in [1.807, 2.05) is 0 Å². The summed E-state index contributed by atoms with van der Waals surface area (Å²) in [7, 11) is -4.52. The van der Waals surface area contributed by atoms with Gasteiger partial charge in [0.05, 0.1) is 26.4 Å². The average molecular weight is 883 g/mol. The van der Waals surface area contributed by atoms with Crippen LogP contribution in [-0.4, -0.2) is 66.3 Å². The Labute approximate surface area is 375 Å². The number of esters is 1. The Hall–Kier alpha value is -1.58. The molecular weight excluding hydrogens is 788 g/mol. The molecule has 0 heterocycles. The lowest BCUT2D eigenvalue weighted by Crippen LogP contribution is -2.29. The van der Waals surface area contributed by atoms with Crippen molar-refractivity contribution in [3.05, 3.63) is 48.6 Å². The molecule has 0 aromatic rings. The lowest BCUT2D eigenvalue weighted by atomic mass is 10.0. The number of aliphatic hydroxyl groups is 2. The first-order valence-electron chi connectivity index (χ1n) is 25.1. The highest BCUT2D eigenvalue weighted by molar-refractivity contribution is 7.47. The van der Waals surface area contributed by atoms with Crippen molar-refractivity contribution in [1.29, 1.82) is 0 Å². The number of ether oxygens (including phenoxy) is 2. The molecule has 3 unspecified atom stereocenters. The van der Waals surface area contributed by atoms with Gasteiger partial charge in [-0.25, -0.2) is 4.57 Å². The first-order valence-corrected chi connectivity index (χ1v) is 26.6. The fourth-order valence-electron chi connectivity index (χ4n) is 7.00. The fraction of sp³-hybridized carbons (Fsp3) is 0.824. The summed E-state index contributed by atoms with van der Waals surface area (Å²) in [6.07, 6.45) is 55.0. The molecule has 0 aromatic heterocycles. The summed E-state index contributed by atoms with van der Waals surface area (Å²) in [4.78, 5) is 22.7. The van der Waals surface area contributed by atoms with Crippen molar-refractivity contribution in [2.45, 2.75) is 238 Å². The second kappa shape index (κ2) is 47.9. The van der Waals surface area contributed by atoms with Crippen molar-refractivity contribution in [3.63, 3.8) is 0 Å². The number of allylic oxidation sites excluding steroid dienone is 8. The standard InChI is InChI=1S/C51H95O9P/c1-3-5-7-9-11-13-15-17-19-21-23-24-25-27-29-31-33-35-37-39-41-43-51(54)60-50(48-59-61(55,56)58-46-49(53)45-52)47-57-44-42-40-38-36-34-32-30-28-26-22-20-18-16-14-12-10-8-6-4-2/h5,7,11,13,17,19,23-24,49-50,52-53H,3-4,6,8-10,12,14-16,18,20-22,25-48H2,1-2H3,(H,55,56)/b7-5-,13-11-,19-17-,24-23-. The predicted octanol–water partition coefficient (Wildman–Crippen LogP) is 14.5. The van der Waals surface area contributed by atoms with Crippen LogP contribution in [0.2, 0.25) is 0 Å². The smallest absolute Gasteiger partial charge is 0.457 e. The Bertz CT molecular complexity index is 1090. The Balaban J connectivity index is 4.09. The molecule has 0 aliphatic carbocycles. The van der Waals surface area contributed by atoms with E-state index in [0.29, 0.717) is 6.61 Å². The molecule has 0 saturated carbocycles. The average Bonchev–Trinajstić information content (AvgIpc) is 3.25. The molecule has 10 heteroatoms. The van der Waals surface area contributed by atoms with E-state index < -0.39 is 33.2 Å². The summed E-state index contributed by atoms with van der Waals surface area (Å²) >= 11 is 0. The van der Waals surface area contributed by atoms with Crippen LogP contribution >= 0.6 is 7.82 Å². The van der Waals surface area contributed by atoms with Gasteiger partial charge in [-0.1, -0.05) is 217 Å². The van der Waals surface area contributed by atoms with Gasteiger partial charge in [-0.2, -0.15) is 0 Å². The second-order valence-electron chi connectivity index (χ2n) is 16.8. The van der Waals surface area contributed by atoms with E-state index in [2.05, 4.69) is 62.5 Å². The maximum absolute atomic E-state index is 12.7. The lowest BCUT2D eigenvalue weighted by molar-refractivity contribution is -0.154. The molecule has 0 radical (unpaired) electrons. The Kier molecular flexibility index (Phi) is 46.6. The normalized spacial score (nSPS) is 14.2. The maximum atomic E-state index is 12.7. The zero-order valence-corrected chi connectivity index (χ0v) is 40.3. The minimum Gasteiger partial charge on any atom is -0.457 e. The molecule has 0 amide bonds. The van der Waals surface area contributed by atoms with Crippen LogP contribution in [0.5, 0.6) is 0 Å². The monoisotopic (exact) mass is 883 g/mol. The van der Waals surface area contributed by atoms with Crippen molar-refractivity contribution >= 4 is 13.8 Å². The van der Waals surface area contributed by atoms with Gasteiger partial charge in [-0.15, -0.1) is 0 Å². The molecule has 3 atom stereocenters. The molecule has 0 aromatic carbocycles. The van der Waals surface area contributed by atoms with Crippen LogP contribution in [-0.2, 0) is 27.9 Å². The highest BCUT2D eigenvalue weighted by Crippen LogP contribution is 2.43. The number of phosphoric acid groups is 1. The number of unbranched alkanes of at least 4 members (excludes halogenated alkanes) is 26. The number of rotatable bonds is 48. The van der Waals surface area contributed by atoms with Crippen LogP contribution in [0.1, 0.15) is 226 Å². The molecule has 0 saturated heterocycles. The largest absolute Gasteiger partial charge is 0.472 e. The van der Waals surface area contributed by atoms with Gasteiger partial charge in [0.1, 0.15) is 12.2 Å². The minimum absolute atomic E-state index is 0.0480. The van der Waals surface area contributed by atoms with E-state index in [9.17, 15) is 19.4 Å². The van der Waals surface area contributed by atoms with Gasteiger partial charge in [-0.05, 0) is 51.4 Å². The summed E-state index contributed by atoms with van der Waals surface area (Å²) in [5.41, 5.74) is 0. The maximum Gasteiger partial charge on any atom is 0.472 e. The Morgan fingerprint density at radius 3 is 1.41 bits per heavy atom. The summed E-state index contributed by atoms with van der Waals surface area (Å²) in [6.45, 7) is 3.44. The van der Waals surface area contributed by atoms with Crippen molar-refractivity contribution < 1.29 is 43.0 Å². The van der Waals surface area contributed by atoms with Crippen molar-refractivity contribution in [1.82, 2.24) is 0 Å². The molecule has 0 aliphatic rings. The van der Waals surface area contributed by atoms with Crippen LogP contribution in [0.4, 0.5) is 0 Å². The third-order valence-electron chi connectivity index (χ3n) is 10.8. The van der Waals surface area contributed by atoms with Gasteiger partial charge in [-0.3, -0.25) is 13.8 Å². The first kappa shape index (κ1) is 59.4. The summed E-state index contributed by atoms with van der Waals surface area (Å²) in [5.74, 6) is -0.388. The minimum atomic E-state index is -4.52. The van der Waals surface area contributed by atoms with Gasteiger partial charge in [0, 0.05) is 13.0 Å². The zero-order valence-electron chi connectivity index (χ0n) is 39.4. The van der Waals surface area contributed by atoms with Crippen molar-refractivity contribution in [3.8, 4) is 0 Å². The Morgan fingerprint density at radius 1 is 0.525 bits per heavy atom. The topological polar surface area (TPSA) is 132 Å². The van der Waals surface area contributed by atoms with E-state index in [1.54, 1.807) is 0 Å². The van der Waals surface area contributed by atoms with E-state index in [4.69, 9.17) is 23.6 Å². The summed E-state index contributed by atoms with van der Waals surface area (Å²) in [5, 5.41) is 18.4. The van der Waals surface area contributed by atoms with Crippen LogP contribution in [0.3, 0.4) is 0 Å². The van der Waals surface area contributed by atoms with Crippen LogP contribution in [0.25, 0.3) is 0 Å². The van der Waals surface area contributed by atoms with Gasteiger partial charge in [0.25, 0.3) is 0 Å². The molecule has 0 rings (SSSR count). The lowest BCUT2D eigenvalue weighted by Gasteiger charge is -2.20. The predicted molar refractivity (Wildman–Crippen MR) is 256 cm³/mol.